The van der Waals surface area contributed by atoms with Crippen molar-refractivity contribution in [3.8, 4) is 0 Å². The van der Waals surface area contributed by atoms with Gasteiger partial charge in [-0.2, -0.15) is 0 Å². The van der Waals surface area contributed by atoms with E-state index >= 15 is 0 Å². The van der Waals surface area contributed by atoms with Gasteiger partial charge in [0.05, 0.1) is 5.41 Å². The van der Waals surface area contributed by atoms with Crippen LogP contribution in [0.15, 0.2) is 0 Å². The highest BCUT2D eigenvalue weighted by Crippen LogP contribution is 2.45. The lowest BCUT2D eigenvalue weighted by atomic mass is 10.00. The topological polar surface area (TPSA) is 86.7 Å². The number of nitrogens with one attached hydrogen (secondary N) is 1. The molecule has 1 saturated heterocycles. The van der Waals surface area contributed by atoms with E-state index in [0.717, 1.165) is 12.8 Å². The van der Waals surface area contributed by atoms with Gasteiger partial charge < -0.3 is 15.3 Å². The van der Waals surface area contributed by atoms with E-state index in [2.05, 4.69) is 5.32 Å². The molecule has 2 N–H and O–H groups in total. The van der Waals surface area contributed by atoms with Gasteiger partial charge in [-0.1, -0.05) is 6.92 Å². The van der Waals surface area contributed by atoms with Gasteiger partial charge in [0, 0.05) is 19.5 Å². The molecule has 2 aliphatic rings. The summed E-state index contributed by atoms with van der Waals surface area (Å²) in [5.41, 5.74) is -0.760. The third kappa shape index (κ3) is 2.94. The number of aliphatic carboxylic acids is 1. The fraction of sp³-hybridized carbons (Fsp3) is 0.786. The Balaban J connectivity index is 1.93. The van der Waals surface area contributed by atoms with Gasteiger partial charge in [-0.05, 0) is 32.1 Å². The lowest BCUT2D eigenvalue weighted by Crippen LogP contribution is -2.52. The molecule has 0 bridgehead atoms. The smallest absolute Gasteiger partial charge is 0.311 e. The largest absolute Gasteiger partial charge is 0.481 e. The van der Waals surface area contributed by atoms with Crippen LogP contribution in [0, 0.1) is 5.41 Å². The van der Waals surface area contributed by atoms with Crippen LogP contribution in [-0.4, -0.2) is 46.9 Å². The Morgan fingerprint density at radius 1 is 1.30 bits per heavy atom. The zero-order valence-corrected chi connectivity index (χ0v) is 11.9. The molecule has 2 amide bonds. The second-order valence-electron chi connectivity index (χ2n) is 5.76. The molecule has 0 aromatic carbocycles. The monoisotopic (exact) mass is 282 g/mol. The van der Waals surface area contributed by atoms with E-state index in [1.807, 2.05) is 0 Å². The predicted molar refractivity (Wildman–Crippen MR) is 72.0 cm³/mol. The van der Waals surface area contributed by atoms with Crippen molar-refractivity contribution in [1.82, 2.24) is 10.2 Å². The van der Waals surface area contributed by atoms with E-state index in [4.69, 9.17) is 5.11 Å². The Hall–Kier alpha value is -1.59. The molecule has 20 heavy (non-hydrogen) atoms. The quantitative estimate of drug-likeness (QED) is 0.779. The normalized spacial score (nSPS) is 24.1. The van der Waals surface area contributed by atoms with Crippen LogP contribution in [0.25, 0.3) is 0 Å². The molecule has 0 aromatic rings. The summed E-state index contributed by atoms with van der Waals surface area (Å²) in [6, 6.07) is -0.430. The molecule has 0 aromatic heterocycles. The Kier molecular flexibility index (Phi) is 4.30. The van der Waals surface area contributed by atoms with E-state index in [1.54, 1.807) is 11.8 Å². The van der Waals surface area contributed by atoms with Crippen LogP contribution in [0.3, 0.4) is 0 Å². The highest BCUT2D eigenvalue weighted by atomic mass is 16.4. The van der Waals surface area contributed by atoms with Crippen molar-refractivity contribution in [3.05, 3.63) is 0 Å². The van der Waals surface area contributed by atoms with Gasteiger partial charge in [0.15, 0.2) is 0 Å². The van der Waals surface area contributed by atoms with Crippen LogP contribution in [0.5, 0.6) is 0 Å². The van der Waals surface area contributed by atoms with Crippen LogP contribution in [-0.2, 0) is 14.4 Å². The standard InChI is InChI=1S/C14H22N2O4/c1-2-11(17)16-8-4-3-5-10(16)12(18)15-9-14(6-7-14)13(19)20/h10H,2-9H2,1H3,(H,15,18)(H,19,20). The Morgan fingerprint density at radius 2 is 2.00 bits per heavy atom. The maximum absolute atomic E-state index is 12.2. The average molecular weight is 282 g/mol. The summed E-state index contributed by atoms with van der Waals surface area (Å²) in [7, 11) is 0. The molecular weight excluding hydrogens is 260 g/mol. The van der Waals surface area contributed by atoms with Crippen LogP contribution < -0.4 is 5.32 Å². The summed E-state index contributed by atoms with van der Waals surface area (Å²) in [5, 5.41) is 11.8. The van der Waals surface area contributed by atoms with Crippen molar-refractivity contribution in [1.29, 1.82) is 0 Å². The van der Waals surface area contributed by atoms with E-state index in [9.17, 15) is 14.4 Å². The minimum absolute atomic E-state index is 0.00998. The molecule has 1 saturated carbocycles. The maximum Gasteiger partial charge on any atom is 0.311 e. The number of carboxylic acid groups (broad SMARTS) is 1. The maximum atomic E-state index is 12.2. The summed E-state index contributed by atoms with van der Waals surface area (Å²) in [6.07, 6.45) is 4.14. The molecule has 1 aliphatic heterocycles. The second-order valence-corrected chi connectivity index (χ2v) is 5.76. The summed E-state index contributed by atoms with van der Waals surface area (Å²) in [5.74, 6) is -1.06. The number of amides is 2. The summed E-state index contributed by atoms with van der Waals surface area (Å²) in [4.78, 5) is 36.8. The van der Waals surface area contributed by atoms with Crippen molar-refractivity contribution < 1.29 is 19.5 Å². The van der Waals surface area contributed by atoms with Gasteiger partial charge in [0.1, 0.15) is 6.04 Å². The van der Waals surface area contributed by atoms with Crippen LogP contribution >= 0.6 is 0 Å². The lowest BCUT2D eigenvalue weighted by molar-refractivity contribution is -0.145. The van der Waals surface area contributed by atoms with Gasteiger partial charge >= 0.3 is 5.97 Å². The molecular formula is C14H22N2O4. The summed E-state index contributed by atoms with van der Waals surface area (Å²) in [6.45, 7) is 2.58. The van der Waals surface area contributed by atoms with Crippen molar-refractivity contribution >= 4 is 17.8 Å². The molecule has 1 atom stereocenters. The molecule has 1 unspecified atom stereocenters. The number of carbonyl (C=O) groups is 3. The number of hydrogen-bond acceptors (Lipinski definition) is 3. The minimum atomic E-state index is -0.845. The predicted octanol–water partition coefficient (Wildman–Crippen LogP) is 0.758. The summed E-state index contributed by atoms with van der Waals surface area (Å²) >= 11 is 0. The van der Waals surface area contributed by atoms with Gasteiger partial charge in [-0.3, -0.25) is 14.4 Å². The molecule has 6 nitrogen and oxygen atoms in total. The highest BCUT2D eigenvalue weighted by molar-refractivity contribution is 5.88. The number of piperidine rings is 1. The Bertz CT molecular complexity index is 417. The second kappa shape index (κ2) is 5.81. The number of carboxylic acids is 1. The van der Waals surface area contributed by atoms with Crippen molar-refractivity contribution in [2.75, 3.05) is 13.1 Å². The molecule has 2 rings (SSSR count). The molecule has 6 heteroatoms. The third-order valence-corrected chi connectivity index (χ3v) is 4.34. The fourth-order valence-corrected chi connectivity index (χ4v) is 2.70. The highest BCUT2D eigenvalue weighted by Gasteiger charge is 2.50. The van der Waals surface area contributed by atoms with Crippen molar-refractivity contribution in [2.45, 2.75) is 51.5 Å². The zero-order valence-electron chi connectivity index (χ0n) is 11.9. The van der Waals surface area contributed by atoms with E-state index in [0.29, 0.717) is 32.2 Å². The van der Waals surface area contributed by atoms with Gasteiger partial charge in [-0.15, -0.1) is 0 Å². The number of nitrogens with zero attached hydrogens (tertiary/aromatic N) is 1. The molecule has 0 radical (unpaired) electrons. The van der Waals surface area contributed by atoms with Crippen LogP contribution in [0.1, 0.15) is 45.4 Å². The number of likely N-dealkylation sites (tertiary alicyclic amines) is 1. The van der Waals surface area contributed by atoms with E-state index < -0.39 is 17.4 Å². The molecule has 0 spiro atoms. The molecule has 1 aliphatic carbocycles. The van der Waals surface area contributed by atoms with Crippen molar-refractivity contribution in [3.63, 3.8) is 0 Å². The minimum Gasteiger partial charge on any atom is -0.481 e. The molecule has 112 valence electrons. The van der Waals surface area contributed by atoms with Gasteiger partial charge in [0.2, 0.25) is 11.8 Å². The first-order valence-corrected chi connectivity index (χ1v) is 7.31. The van der Waals surface area contributed by atoms with E-state index in [-0.39, 0.29) is 18.4 Å². The Labute approximate surface area is 118 Å². The first-order valence-electron chi connectivity index (χ1n) is 7.31. The third-order valence-electron chi connectivity index (χ3n) is 4.34. The van der Waals surface area contributed by atoms with E-state index in [1.165, 1.54) is 0 Å². The average Bonchev–Trinajstić information content (AvgIpc) is 3.25. The molecule has 1 heterocycles. The van der Waals surface area contributed by atoms with Gasteiger partial charge in [0.25, 0.3) is 0 Å². The first-order chi connectivity index (χ1) is 9.50. The number of carbonyl (C=O) groups excluding carboxylic acids is 2. The van der Waals surface area contributed by atoms with Gasteiger partial charge in [-0.25, -0.2) is 0 Å². The lowest BCUT2D eigenvalue weighted by Gasteiger charge is -2.34. The molecule has 2 fully saturated rings. The SMILES string of the molecule is CCC(=O)N1CCCCC1C(=O)NCC1(C(=O)O)CC1. The summed E-state index contributed by atoms with van der Waals surface area (Å²) < 4.78 is 0. The van der Waals surface area contributed by atoms with Crippen LogP contribution in [0.2, 0.25) is 0 Å². The zero-order chi connectivity index (χ0) is 14.8. The number of rotatable bonds is 5. The van der Waals surface area contributed by atoms with Crippen molar-refractivity contribution in [2.24, 2.45) is 5.41 Å². The Morgan fingerprint density at radius 3 is 2.55 bits per heavy atom. The number of hydrogen-bond donors (Lipinski definition) is 2. The fourth-order valence-electron chi connectivity index (χ4n) is 2.70. The first kappa shape index (κ1) is 14.8. The van der Waals surface area contributed by atoms with Crippen LogP contribution in [0.4, 0.5) is 0 Å².